The highest BCUT2D eigenvalue weighted by Gasteiger charge is 2.20. The zero-order chi connectivity index (χ0) is 16.0. The largest absolute Gasteiger partial charge is 0.452 e. The Hall–Kier alpha value is -1.89. The first kappa shape index (κ1) is 17.2. The number of sulfone groups is 1. The van der Waals surface area contributed by atoms with Crippen LogP contribution < -0.4 is 0 Å². The van der Waals surface area contributed by atoms with E-state index in [1.54, 1.807) is 0 Å². The Morgan fingerprint density at radius 2 is 1.71 bits per heavy atom. The van der Waals surface area contributed by atoms with Crippen LogP contribution in [0, 0.1) is 0 Å². The Morgan fingerprint density at radius 1 is 1.14 bits per heavy atom. The van der Waals surface area contributed by atoms with Crippen LogP contribution in [0.5, 0.6) is 0 Å². The third-order valence-corrected chi connectivity index (χ3v) is 4.10. The molecule has 1 aromatic rings. The van der Waals surface area contributed by atoms with E-state index < -0.39 is 22.4 Å². The molecule has 0 fully saturated rings. The normalized spacial score (nSPS) is 11.0. The zero-order valence-corrected chi connectivity index (χ0v) is 13.1. The fraction of sp³-hybridized carbons (Fsp3) is 0.429. The molecule has 0 atom stereocenters. The van der Waals surface area contributed by atoms with Crippen molar-refractivity contribution in [3.63, 3.8) is 0 Å². The number of benzene rings is 1. The molecular formula is C14H19NO5S. The number of likely N-dealkylation sites (N-methyl/N-ethyl adjacent to an activating group) is 1. The van der Waals surface area contributed by atoms with Gasteiger partial charge in [-0.25, -0.2) is 13.2 Å². The minimum atomic E-state index is -3.54. The van der Waals surface area contributed by atoms with Crippen molar-refractivity contribution in [1.82, 2.24) is 4.90 Å². The number of nitrogens with zero attached hydrogens (tertiary/aromatic N) is 1. The van der Waals surface area contributed by atoms with E-state index in [2.05, 4.69) is 0 Å². The van der Waals surface area contributed by atoms with Crippen LogP contribution in [0.25, 0.3) is 0 Å². The molecule has 0 aliphatic carbocycles. The maximum absolute atomic E-state index is 12.0. The number of rotatable bonds is 6. The van der Waals surface area contributed by atoms with Crippen LogP contribution in [-0.2, 0) is 19.4 Å². The third kappa shape index (κ3) is 4.56. The van der Waals surface area contributed by atoms with Gasteiger partial charge in [0.1, 0.15) is 0 Å². The average molecular weight is 313 g/mol. The molecule has 0 saturated heterocycles. The molecule has 0 unspecified atom stereocenters. The van der Waals surface area contributed by atoms with Crippen molar-refractivity contribution in [2.75, 3.05) is 26.0 Å². The average Bonchev–Trinajstić information content (AvgIpc) is 2.45. The van der Waals surface area contributed by atoms with Gasteiger partial charge < -0.3 is 9.64 Å². The number of ether oxygens (including phenoxy) is 1. The van der Waals surface area contributed by atoms with Gasteiger partial charge in [-0.15, -0.1) is 0 Å². The van der Waals surface area contributed by atoms with E-state index in [1.807, 2.05) is 13.8 Å². The van der Waals surface area contributed by atoms with Crippen molar-refractivity contribution >= 4 is 21.7 Å². The molecule has 116 valence electrons. The van der Waals surface area contributed by atoms with E-state index in [0.717, 1.165) is 6.26 Å². The molecule has 0 saturated carbocycles. The highest BCUT2D eigenvalue weighted by atomic mass is 32.2. The number of carbonyl (C=O) groups is 2. The fourth-order valence-corrected chi connectivity index (χ4v) is 2.71. The quantitative estimate of drug-likeness (QED) is 0.735. The van der Waals surface area contributed by atoms with E-state index in [0.29, 0.717) is 13.1 Å². The van der Waals surface area contributed by atoms with E-state index in [9.17, 15) is 18.0 Å². The van der Waals surface area contributed by atoms with Gasteiger partial charge in [-0.05, 0) is 26.0 Å². The van der Waals surface area contributed by atoms with Gasteiger partial charge in [0.2, 0.25) is 0 Å². The minimum Gasteiger partial charge on any atom is -0.452 e. The van der Waals surface area contributed by atoms with Crippen LogP contribution in [0.1, 0.15) is 24.2 Å². The highest BCUT2D eigenvalue weighted by Crippen LogP contribution is 2.16. The van der Waals surface area contributed by atoms with Crippen LogP contribution in [0.2, 0.25) is 0 Å². The first-order chi connectivity index (χ1) is 9.81. The molecule has 0 N–H and O–H groups in total. The highest BCUT2D eigenvalue weighted by molar-refractivity contribution is 7.90. The van der Waals surface area contributed by atoms with Crippen molar-refractivity contribution in [1.29, 1.82) is 0 Å². The van der Waals surface area contributed by atoms with E-state index in [1.165, 1.54) is 29.2 Å². The Morgan fingerprint density at radius 3 is 2.24 bits per heavy atom. The predicted octanol–water partition coefficient (Wildman–Crippen LogP) is 1.12. The summed E-state index contributed by atoms with van der Waals surface area (Å²) in [5, 5.41) is 0. The Balaban J connectivity index is 2.85. The molecule has 1 amide bonds. The summed E-state index contributed by atoms with van der Waals surface area (Å²) in [5.74, 6) is -1.14. The van der Waals surface area contributed by atoms with Crippen LogP contribution in [-0.4, -0.2) is 51.1 Å². The van der Waals surface area contributed by atoms with Gasteiger partial charge >= 0.3 is 5.97 Å². The van der Waals surface area contributed by atoms with Crippen molar-refractivity contribution in [2.24, 2.45) is 0 Å². The Kier molecular flexibility index (Phi) is 5.90. The maximum atomic E-state index is 12.0. The maximum Gasteiger partial charge on any atom is 0.339 e. The van der Waals surface area contributed by atoms with Crippen molar-refractivity contribution in [3.05, 3.63) is 29.8 Å². The molecule has 1 aromatic carbocycles. The summed E-state index contributed by atoms with van der Waals surface area (Å²) in [6, 6.07) is 5.75. The topological polar surface area (TPSA) is 80.8 Å². The monoisotopic (exact) mass is 313 g/mol. The summed E-state index contributed by atoms with van der Waals surface area (Å²) in [6.45, 7) is 4.28. The van der Waals surface area contributed by atoms with E-state index in [-0.39, 0.29) is 16.4 Å². The lowest BCUT2D eigenvalue weighted by Gasteiger charge is -2.18. The van der Waals surface area contributed by atoms with E-state index >= 15 is 0 Å². The number of esters is 1. The number of hydrogen-bond donors (Lipinski definition) is 0. The Bertz CT molecular complexity index is 620. The van der Waals surface area contributed by atoms with Crippen molar-refractivity contribution in [2.45, 2.75) is 18.7 Å². The standard InChI is InChI=1S/C14H19NO5S/c1-4-15(5-2)13(16)10-20-14(17)11-8-6-7-9-12(11)21(3,18)19/h6-9H,4-5,10H2,1-3H3. The summed E-state index contributed by atoms with van der Waals surface area (Å²) < 4.78 is 28.1. The summed E-state index contributed by atoms with van der Waals surface area (Å²) in [5.41, 5.74) is -0.0626. The van der Waals surface area contributed by atoms with Crippen molar-refractivity contribution in [3.8, 4) is 0 Å². The summed E-state index contributed by atoms with van der Waals surface area (Å²) in [4.78, 5) is 25.1. The summed E-state index contributed by atoms with van der Waals surface area (Å²) in [7, 11) is -3.54. The second-order valence-electron chi connectivity index (χ2n) is 4.41. The molecule has 1 rings (SSSR count). The van der Waals surface area contributed by atoms with Gasteiger partial charge in [-0.2, -0.15) is 0 Å². The molecule has 0 radical (unpaired) electrons. The van der Waals surface area contributed by atoms with Gasteiger partial charge in [-0.1, -0.05) is 12.1 Å². The smallest absolute Gasteiger partial charge is 0.339 e. The second kappa shape index (κ2) is 7.21. The molecule has 0 heterocycles. The molecular weight excluding hydrogens is 294 g/mol. The first-order valence-corrected chi connectivity index (χ1v) is 8.44. The molecule has 7 heteroatoms. The fourth-order valence-electron chi connectivity index (χ4n) is 1.83. The van der Waals surface area contributed by atoms with Gasteiger partial charge in [0.25, 0.3) is 5.91 Å². The molecule has 21 heavy (non-hydrogen) atoms. The second-order valence-corrected chi connectivity index (χ2v) is 6.39. The third-order valence-electron chi connectivity index (χ3n) is 2.95. The number of hydrogen-bond acceptors (Lipinski definition) is 5. The lowest BCUT2D eigenvalue weighted by atomic mass is 10.2. The minimum absolute atomic E-state index is 0.0626. The van der Waals surface area contributed by atoms with Gasteiger partial charge in [0.05, 0.1) is 10.5 Å². The molecule has 0 bridgehead atoms. The molecule has 6 nitrogen and oxygen atoms in total. The summed E-state index contributed by atoms with van der Waals surface area (Å²) >= 11 is 0. The number of carbonyl (C=O) groups excluding carboxylic acids is 2. The van der Waals surface area contributed by atoms with Crippen molar-refractivity contribution < 1.29 is 22.7 Å². The molecule has 0 aliphatic rings. The van der Waals surface area contributed by atoms with Crippen LogP contribution >= 0.6 is 0 Å². The van der Waals surface area contributed by atoms with Gasteiger partial charge in [0, 0.05) is 19.3 Å². The van der Waals surface area contributed by atoms with Gasteiger partial charge in [-0.3, -0.25) is 4.79 Å². The molecule has 0 spiro atoms. The Labute approximate surface area is 124 Å². The van der Waals surface area contributed by atoms with Crippen LogP contribution in [0.15, 0.2) is 29.2 Å². The lowest BCUT2D eigenvalue weighted by Crippen LogP contribution is -2.34. The first-order valence-electron chi connectivity index (χ1n) is 6.55. The molecule has 0 aliphatic heterocycles. The lowest BCUT2D eigenvalue weighted by molar-refractivity contribution is -0.134. The molecule has 0 aromatic heterocycles. The predicted molar refractivity (Wildman–Crippen MR) is 77.8 cm³/mol. The SMILES string of the molecule is CCN(CC)C(=O)COC(=O)c1ccccc1S(C)(=O)=O. The van der Waals surface area contributed by atoms with Gasteiger partial charge in [0.15, 0.2) is 16.4 Å². The zero-order valence-electron chi connectivity index (χ0n) is 12.3. The number of amides is 1. The summed E-state index contributed by atoms with van der Waals surface area (Å²) in [6.07, 6.45) is 1.01. The van der Waals surface area contributed by atoms with Crippen LogP contribution in [0.4, 0.5) is 0 Å². The van der Waals surface area contributed by atoms with E-state index in [4.69, 9.17) is 4.74 Å². The van der Waals surface area contributed by atoms with Crippen LogP contribution in [0.3, 0.4) is 0 Å².